The minimum absolute atomic E-state index is 0.0386. The topological polar surface area (TPSA) is 79.2 Å². The predicted molar refractivity (Wildman–Crippen MR) is 103 cm³/mol. The molecule has 0 aliphatic carbocycles. The van der Waals surface area contributed by atoms with Crippen molar-refractivity contribution in [1.29, 1.82) is 0 Å². The molecule has 8 heteroatoms. The highest BCUT2D eigenvalue weighted by molar-refractivity contribution is 5.91. The Hall–Kier alpha value is -2.48. The lowest BCUT2D eigenvalue weighted by molar-refractivity contribution is 0.0199. The number of nitrogens with one attached hydrogen (secondary N) is 1. The maximum atomic E-state index is 12.7. The molecule has 8 nitrogen and oxygen atoms in total. The van der Waals surface area contributed by atoms with Crippen LogP contribution in [0.25, 0.3) is 11.4 Å². The number of tetrazole rings is 1. The molecular weight excluding hydrogens is 342 g/mol. The van der Waals surface area contributed by atoms with Crippen LogP contribution >= 0.6 is 0 Å². The van der Waals surface area contributed by atoms with Crippen LogP contribution in [0.1, 0.15) is 31.7 Å². The van der Waals surface area contributed by atoms with Crippen LogP contribution in [0.5, 0.6) is 0 Å². The Morgan fingerprint density at radius 3 is 2.78 bits per heavy atom. The molecular formula is C19H27N7O. The molecule has 0 saturated carbocycles. The molecule has 1 aromatic carbocycles. The van der Waals surface area contributed by atoms with Gasteiger partial charge in [0, 0.05) is 36.4 Å². The van der Waals surface area contributed by atoms with Crippen LogP contribution in [0.2, 0.25) is 0 Å². The fourth-order valence-corrected chi connectivity index (χ4v) is 3.98. The highest BCUT2D eigenvalue weighted by Gasteiger charge is 2.37. The number of aryl methyl sites for hydroxylation is 2. The second-order valence-corrected chi connectivity index (χ2v) is 7.70. The molecule has 0 radical (unpaired) electrons. The van der Waals surface area contributed by atoms with Crippen LogP contribution in [-0.4, -0.2) is 67.8 Å². The third kappa shape index (κ3) is 3.66. The van der Waals surface area contributed by atoms with Crippen LogP contribution in [0, 0.1) is 6.92 Å². The molecule has 0 unspecified atom stereocenters. The van der Waals surface area contributed by atoms with Gasteiger partial charge in [-0.25, -0.2) is 4.79 Å². The first kappa shape index (κ1) is 17.9. The summed E-state index contributed by atoms with van der Waals surface area (Å²) in [4.78, 5) is 18.5. The van der Waals surface area contributed by atoms with E-state index in [1.807, 2.05) is 30.0 Å². The highest BCUT2D eigenvalue weighted by atomic mass is 16.2. The van der Waals surface area contributed by atoms with Gasteiger partial charge in [0.05, 0.1) is 7.05 Å². The van der Waals surface area contributed by atoms with E-state index in [1.165, 1.54) is 24.1 Å². The number of hydrogen-bond acceptors (Lipinski definition) is 5. The third-order valence-electron chi connectivity index (χ3n) is 5.72. The fraction of sp³-hybridized carbons (Fsp3) is 0.579. The van der Waals surface area contributed by atoms with Gasteiger partial charge in [0.1, 0.15) is 0 Å². The number of piperidine rings is 1. The maximum absolute atomic E-state index is 12.7. The van der Waals surface area contributed by atoms with E-state index in [2.05, 4.69) is 32.6 Å². The van der Waals surface area contributed by atoms with Crippen LogP contribution in [0.3, 0.4) is 0 Å². The van der Waals surface area contributed by atoms with E-state index in [0.29, 0.717) is 17.9 Å². The van der Waals surface area contributed by atoms with Crippen molar-refractivity contribution in [3.05, 3.63) is 23.8 Å². The normalized spacial score (nSPS) is 21.1. The molecule has 2 aliphatic heterocycles. The van der Waals surface area contributed by atoms with E-state index in [0.717, 1.165) is 36.4 Å². The van der Waals surface area contributed by atoms with Gasteiger partial charge >= 0.3 is 6.03 Å². The summed E-state index contributed by atoms with van der Waals surface area (Å²) in [5.74, 6) is 0.552. The van der Waals surface area contributed by atoms with Gasteiger partial charge in [-0.1, -0.05) is 18.6 Å². The number of urea groups is 1. The van der Waals surface area contributed by atoms with E-state index in [4.69, 9.17) is 0 Å². The Balaban J connectivity index is 1.39. The first-order chi connectivity index (χ1) is 13.0. The SMILES string of the molecule is Cc1ccc(-c2nnn(C)n2)cc1NC(=O)N1CC(N2CCCC[C@H]2C)C1. The number of aromatic nitrogens is 4. The molecule has 2 saturated heterocycles. The van der Waals surface area contributed by atoms with Crippen molar-refractivity contribution in [2.24, 2.45) is 7.05 Å². The summed E-state index contributed by atoms with van der Waals surface area (Å²) in [6.07, 6.45) is 3.87. The summed E-state index contributed by atoms with van der Waals surface area (Å²) in [6.45, 7) is 7.06. The summed E-state index contributed by atoms with van der Waals surface area (Å²) < 4.78 is 0. The molecule has 4 rings (SSSR count). The maximum Gasteiger partial charge on any atom is 0.321 e. The Labute approximate surface area is 159 Å². The van der Waals surface area contributed by atoms with E-state index in [9.17, 15) is 4.79 Å². The quantitative estimate of drug-likeness (QED) is 0.898. The van der Waals surface area contributed by atoms with Gasteiger partial charge in [0.25, 0.3) is 0 Å². The number of nitrogens with zero attached hydrogens (tertiary/aromatic N) is 6. The molecule has 2 aliphatic rings. The number of carbonyl (C=O) groups excluding carboxylic acids is 1. The molecule has 3 heterocycles. The number of rotatable bonds is 3. The molecule has 144 valence electrons. The monoisotopic (exact) mass is 369 g/mol. The summed E-state index contributed by atoms with van der Waals surface area (Å²) in [5, 5.41) is 15.2. The Kier molecular flexibility index (Phi) is 4.82. The second-order valence-electron chi connectivity index (χ2n) is 7.70. The summed E-state index contributed by atoms with van der Waals surface area (Å²) >= 11 is 0. The number of hydrogen-bond donors (Lipinski definition) is 1. The van der Waals surface area contributed by atoms with Crippen molar-refractivity contribution < 1.29 is 4.79 Å². The molecule has 1 atom stereocenters. The van der Waals surface area contributed by atoms with E-state index >= 15 is 0 Å². The summed E-state index contributed by atoms with van der Waals surface area (Å²) in [7, 11) is 1.73. The van der Waals surface area contributed by atoms with Gasteiger partial charge in [-0.05, 0) is 50.1 Å². The van der Waals surface area contributed by atoms with Crippen molar-refractivity contribution >= 4 is 11.7 Å². The zero-order valence-electron chi connectivity index (χ0n) is 16.2. The molecule has 27 heavy (non-hydrogen) atoms. The number of carbonyl (C=O) groups is 1. The fourth-order valence-electron chi connectivity index (χ4n) is 3.98. The zero-order chi connectivity index (χ0) is 19.0. The Morgan fingerprint density at radius 2 is 2.07 bits per heavy atom. The van der Waals surface area contributed by atoms with Crippen molar-refractivity contribution in [3.8, 4) is 11.4 Å². The van der Waals surface area contributed by atoms with Gasteiger partial charge in [0.15, 0.2) is 0 Å². The molecule has 2 aromatic rings. The van der Waals surface area contributed by atoms with Crippen molar-refractivity contribution in [1.82, 2.24) is 30.0 Å². The molecule has 2 fully saturated rings. The average molecular weight is 369 g/mol. The number of likely N-dealkylation sites (tertiary alicyclic amines) is 2. The van der Waals surface area contributed by atoms with Gasteiger partial charge in [-0.3, -0.25) is 4.90 Å². The van der Waals surface area contributed by atoms with Gasteiger partial charge in [-0.15, -0.1) is 10.2 Å². The minimum atomic E-state index is -0.0386. The van der Waals surface area contributed by atoms with Gasteiger partial charge < -0.3 is 10.2 Å². The smallest absolute Gasteiger partial charge is 0.321 e. The standard InChI is InChI=1S/C19H27N7O/c1-13-7-8-15(18-21-23-24(3)22-18)10-17(13)20-19(27)25-11-16(12-25)26-9-5-4-6-14(26)2/h7-8,10,14,16H,4-6,9,11-12H2,1-3H3,(H,20,27)/t14-/m1/s1. The van der Waals surface area contributed by atoms with E-state index in [-0.39, 0.29) is 6.03 Å². The molecule has 0 spiro atoms. The second kappa shape index (κ2) is 7.26. The van der Waals surface area contributed by atoms with Crippen LogP contribution < -0.4 is 5.32 Å². The predicted octanol–water partition coefficient (Wildman–Crippen LogP) is 2.28. The minimum Gasteiger partial charge on any atom is -0.321 e. The van der Waals surface area contributed by atoms with Crippen molar-refractivity contribution in [3.63, 3.8) is 0 Å². The third-order valence-corrected chi connectivity index (χ3v) is 5.72. The highest BCUT2D eigenvalue weighted by Crippen LogP contribution is 2.26. The number of amides is 2. The van der Waals surface area contributed by atoms with Gasteiger partial charge in [-0.2, -0.15) is 4.80 Å². The number of benzene rings is 1. The Morgan fingerprint density at radius 1 is 1.26 bits per heavy atom. The van der Waals surface area contributed by atoms with Gasteiger partial charge in [0.2, 0.25) is 5.82 Å². The first-order valence-electron chi connectivity index (χ1n) is 9.68. The molecule has 0 bridgehead atoms. The number of anilines is 1. The lowest BCUT2D eigenvalue weighted by Crippen LogP contribution is -2.64. The van der Waals surface area contributed by atoms with E-state index < -0.39 is 0 Å². The summed E-state index contributed by atoms with van der Waals surface area (Å²) in [6, 6.07) is 6.92. The Bertz CT molecular complexity index is 827. The molecule has 2 amide bonds. The van der Waals surface area contributed by atoms with Crippen LogP contribution in [-0.2, 0) is 7.05 Å². The largest absolute Gasteiger partial charge is 0.321 e. The molecule has 1 N–H and O–H groups in total. The van der Waals surface area contributed by atoms with E-state index in [1.54, 1.807) is 7.05 Å². The van der Waals surface area contributed by atoms with Crippen molar-refractivity contribution in [2.75, 3.05) is 25.0 Å². The van der Waals surface area contributed by atoms with Crippen LogP contribution in [0.4, 0.5) is 10.5 Å². The average Bonchev–Trinajstić information content (AvgIpc) is 3.04. The summed E-state index contributed by atoms with van der Waals surface area (Å²) in [5.41, 5.74) is 2.64. The first-order valence-corrected chi connectivity index (χ1v) is 9.68. The van der Waals surface area contributed by atoms with Crippen molar-refractivity contribution in [2.45, 2.75) is 45.2 Å². The lowest BCUT2D eigenvalue weighted by Gasteiger charge is -2.49. The molecule has 1 aromatic heterocycles. The van der Waals surface area contributed by atoms with Crippen LogP contribution in [0.15, 0.2) is 18.2 Å². The lowest BCUT2D eigenvalue weighted by atomic mass is 9.98. The zero-order valence-corrected chi connectivity index (χ0v) is 16.2.